The molecular weight excluding hydrogens is 256 g/mol. The number of benzene rings is 1. The minimum atomic E-state index is 0.477. The van der Waals surface area contributed by atoms with Gasteiger partial charge in [-0.05, 0) is 58.8 Å². The fourth-order valence-electron chi connectivity index (χ4n) is 2.30. The molecule has 8 nitrogen and oxygen atoms in total. The molecule has 0 aliphatic carbocycles. The van der Waals surface area contributed by atoms with Gasteiger partial charge in [0.2, 0.25) is 5.82 Å². The van der Waals surface area contributed by atoms with Gasteiger partial charge in [-0.25, -0.2) is 0 Å². The molecule has 0 bridgehead atoms. The molecule has 8 heteroatoms. The summed E-state index contributed by atoms with van der Waals surface area (Å²) in [5.41, 5.74) is 4.73. The number of hydrogen-bond acceptors (Lipinski definition) is 6. The van der Waals surface area contributed by atoms with Crippen LogP contribution in [0, 0.1) is 13.8 Å². The Morgan fingerprint density at radius 3 is 2.70 bits per heavy atom. The first-order valence-corrected chi connectivity index (χ1v) is 6.10. The third kappa shape index (κ3) is 1.41. The van der Waals surface area contributed by atoms with Crippen LogP contribution in [-0.2, 0) is 0 Å². The Balaban J connectivity index is 2.19. The highest BCUT2D eigenvalue weighted by atomic mass is 15.5. The van der Waals surface area contributed by atoms with Crippen molar-refractivity contribution in [3.63, 3.8) is 0 Å². The number of fused-ring (bicyclic) bond motifs is 3. The lowest BCUT2D eigenvalue weighted by molar-refractivity contribution is 0.841. The lowest BCUT2D eigenvalue weighted by Crippen LogP contribution is -1.96. The van der Waals surface area contributed by atoms with Gasteiger partial charge in [-0.1, -0.05) is 0 Å². The normalized spacial score (nSPS) is 11.5. The number of nitrogens with zero attached hydrogens (tertiary/aromatic N) is 7. The topological polar surface area (TPSA) is 97.5 Å². The Kier molecular flexibility index (Phi) is 2.08. The van der Waals surface area contributed by atoms with Crippen LogP contribution in [0.3, 0.4) is 0 Å². The van der Waals surface area contributed by atoms with E-state index in [0.717, 1.165) is 16.5 Å². The first-order chi connectivity index (χ1) is 9.74. The highest BCUT2D eigenvalue weighted by molar-refractivity contribution is 5.90. The van der Waals surface area contributed by atoms with Gasteiger partial charge in [0.05, 0.1) is 11.1 Å². The Morgan fingerprint density at radius 2 is 1.90 bits per heavy atom. The van der Waals surface area contributed by atoms with Gasteiger partial charge in [0.15, 0.2) is 5.65 Å². The van der Waals surface area contributed by atoms with Crippen LogP contribution in [0.1, 0.15) is 11.1 Å². The maximum atomic E-state index is 4.06. The lowest BCUT2D eigenvalue weighted by Gasteiger charge is -2.07. The summed E-state index contributed by atoms with van der Waals surface area (Å²) in [6.45, 7) is 4.14. The van der Waals surface area contributed by atoms with E-state index in [0.29, 0.717) is 11.5 Å². The Hall–Kier alpha value is -2.90. The summed E-state index contributed by atoms with van der Waals surface area (Å²) in [6, 6.07) is 6.17. The number of rotatable bonds is 1. The highest BCUT2D eigenvalue weighted by Gasteiger charge is 2.15. The molecule has 4 aromatic rings. The molecule has 20 heavy (non-hydrogen) atoms. The Labute approximate surface area is 112 Å². The van der Waals surface area contributed by atoms with E-state index in [2.05, 4.69) is 62.1 Å². The number of aromatic nitrogens is 8. The molecule has 3 heterocycles. The third-order valence-electron chi connectivity index (χ3n) is 3.47. The van der Waals surface area contributed by atoms with Gasteiger partial charge >= 0.3 is 0 Å². The SMILES string of the molecule is Cc1cc2cc(-c3nn[nH]n3)c3nnnn3c2cc1C. The summed E-state index contributed by atoms with van der Waals surface area (Å²) < 4.78 is 1.70. The van der Waals surface area contributed by atoms with E-state index in [1.807, 2.05) is 6.07 Å². The molecule has 1 N–H and O–H groups in total. The zero-order valence-corrected chi connectivity index (χ0v) is 10.9. The second-order valence-electron chi connectivity index (χ2n) is 4.70. The van der Waals surface area contributed by atoms with Crippen molar-refractivity contribution in [1.29, 1.82) is 0 Å². The van der Waals surface area contributed by atoms with Crippen LogP contribution in [0.2, 0.25) is 0 Å². The van der Waals surface area contributed by atoms with Crippen molar-refractivity contribution in [1.82, 2.24) is 40.7 Å². The quantitative estimate of drug-likeness (QED) is 0.553. The van der Waals surface area contributed by atoms with Gasteiger partial charge in [-0.15, -0.1) is 15.3 Å². The van der Waals surface area contributed by atoms with Crippen LogP contribution in [0.15, 0.2) is 18.2 Å². The molecule has 0 radical (unpaired) electrons. The molecule has 0 spiro atoms. The predicted octanol–water partition coefficient (Wildman–Crippen LogP) is 1.07. The fraction of sp³-hybridized carbons (Fsp3) is 0.167. The van der Waals surface area contributed by atoms with Crippen LogP contribution < -0.4 is 0 Å². The van der Waals surface area contributed by atoms with Crippen LogP contribution >= 0.6 is 0 Å². The summed E-state index contributed by atoms with van der Waals surface area (Å²) in [7, 11) is 0. The average Bonchev–Trinajstić information content (AvgIpc) is 3.10. The van der Waals surface area contributed by atoms with E-state index in [4.69, 9.17) is 0 Å². The smallest absolute Gasteiger partial charge is 0.192 e. The van der Waals surface area contributed by atoms with Crippen LogP contribution in [0.5, 0.6) is 0 Å². The number of aryl methyl sites for hydroxylation is 2. The summed E-state index contributed by atoms with van der Waals surface area (Å²) in [5.74, 6) is 0.477. The third-order valence-corrected chi connectivity index (χ3v) is 3.47. The maximum absolute atomic E-state index is 4.06. The molecular formula is C12H10N8. The van der Waals surface area contributed by atoms with Gasteiger partial charge < -0.3 is 0 Å². The maximum Gasteiger partial charge on any atom is 0.208 e. The van der Waals surface area contributed by atoms with Crippen molar-refractivity contribution < 1.29 is 0 Å². The zero-order chi connectivity index (χ0) is 13.7. The standard InChI is InChI=1S/C12H10N8/c1-6-3-8-5-9(11-13-16-17-14-11)12-15-18-19-20(12)10(8)4-7(6)2/h3-5H,1-2H3,(H,13,14,16,17). The van der Waals surface area contributed by atoms with Gasteiger partial charge in [0, 0.05) is 5.39 Å². The largest absolute Gasteiger partial charge is 0.208 e. The molecule has 3 aromatic heterocycles. The minimum Gasteiger partial charge on any atom is -0.192 e. The lowest BCUT2D eigenvalue weighted by atomic mass is 10.0. The minimum absolute atomic E-state index is 0.477. The van der Waals surface area contributed by atoms with Crippen molar-refractivity contribution in [2.24, 2.45) is 0 Å². The first kappa shape index (κ1) is 11.0. The van der Waals surface area contributed by atoms with E-state index < -0.39 is 0 Å². The van der Waals surface area contributed by atoms with Crippen molar-refractivity contribution in [3.05, 3.63) is 29.3 Å². The predicted molar refractivity (Wildman–Crippen MR) is 70.9 cm³/mol. The Morgan fingerprint density at radius 1 is 1.05 bits per heavy atom. The highest BCUT2D eigenvalue weighted by Crippen LogP contribution is 2.26. The van der Waals surface area contributed by atoms with E-state index >= 15 is 0 Å². The number of nitrogens with one attached hydrogen (secondary N) is 1. The van der Waals surface area contributed by atoms with E-state index in [1.165, 1.54) is 11.1 Å². The molecule has 0 aliphatic heterocycles. The van der Waals surface area contributed by atoms with E-state index in [9.17, 15) is 0 Å². The molecule has 98 valence electrons. The van der Waals surface area contributed by atoms with Crippen molar-refractivity contribution in [3.8, 4) is 11.4 Å². The summed E-state index contributed by atoms with van der Waals surface area (Å²) in [5, 5.41) is 26.9. The molecule has 0 amide bonds. The van der Waals surface area contributed by atoms with E-state index in [1.54, 1.807) is 4.52 Å². The number of H-pyrrole nitrogens is 1. The molecule has 0 fully saturated rings. The summed E-state index contributed by atoms with van der Waals surface area (Å²) >= 11 is 0. The van der Waals surface area contributed by atoms with Gasteiger partial charge in [-0.3, -0.25) is 0 Å². The monoisotopic (exact) mass is 266 g/mol. The van der Waals surface area contributed by atoms with Crippen LogP contribution in [0.4, 0.5) is 0 Å². The zero-order valence-electron chi connectivity index (χ0n) is 10.9. The van der Waals surface area contributed by atoms with Crippen molar-refractivity contribution >= 4 is 16.6 Å². The first-order valence-electron chi connectivity index (χ1n) is 6.10. The number of pyridine rings is 1. The van der Waals surface area contributed by atoms with Gasteiger partial charge in [-0.2, -0.15) is 9.73 Å². The second-order valence-corrected chi connectivity index (χ2v) is 4.70. The molecule has 0 atom stereocenters. The van der Waals surface area contributed by atoms with Crippen molar-refractivity contribution in [2.45, 2.75) is 13.8 Å². The molecule has 4 rings (SSSR count). The van der Waals surface area contributed by atoms with Gasteiger partial charge in [0.25, 0.3) is 0 Å². The number of tetrazole rings is 2. The molecule has 0 saturated carbocycles. The van der Waals surface area contributed by atoms with Crippen LogP contribution in [-0.4, -0.2) is 40.7 Å². The van der Waals surface area contributed by atoms with Crippen LogP contribution in [0.25, 0.3) is 27.9 Å². The van der Waals surface area contributed by atoms with Crippen molar-refractivity contribution in [2.75, 3.05) is 0 Å². The number of aromatic amines is 1. The Bertz CT molecular complexity index is 922. The average molecular weight is 266 g/mol. The van der Waals surface area contributed by atoms with E-state index in [-0.39, 0.29) is 0 Å². The second kappa shape index (κ2) is 3.80. The summed E-state index contributed by atoms with van der Waals surface area (Å²) in [6.07, 6.45) is 0. The van der Waals surface area contributed by atoms with Gasteiger partial charge in [0.1, 0.15) is 0 Å². The summed E-state index contributed by atoms with van der Waals surface area (Å²) in [4.78, 5) is 0. The molecule has 0 unspecified atom stereocenters. The molecule has 1 aromatic carbocycles. The number of hydrogen-bond donors (Lipinski definition) is 1. The molecule has 0 saturated heterocycles. The molecule has 0 aliphatic rings. The fourth-order valence-corrected chi connectivity index (χ4v) is 2.30.